The van der Waals surface area contributed by atoms with Crippen LogP contribution in [0.3, 0.4) is 0 Å². The van der Waals surface area contributed by atoms with E-state index in [1.165, 1.54) is 12.1 Å². The Balaban J connectivity index is 1.72. The van der Waals surface area contributed by atoms with Gasteiger partial charge in [0.05, 0.1) is 18.0 Å². The van der Waals surface area contributed by atoms with Crippen molar-refractivity contribution in [2.24, 2.45) is 11.8 Å². The summed E-state index contributed by atoms with van der Waals surface area (Å²) in [4.78, 5) is 30.8. The lowest BCUT2D eigenvalue weighted by Gasteiger charge is -2.46. The van der Waals surface area contributed by atoms with Gasteiger partial charge in [-0.2, -0.15) is 0 Å². The van der Waals surface area contributed by atoms with E-state index in [4.69, 9.17) is 16.5 Å². The molecule has 6 rings (SSSR count). The van der Waals surface area contributed by atoms with Gasteiger partial charge in [0.15, 0.2) is 11.6 Å². The fraction of sp³-hybridized carbons (Fsp3) is 0.258. The molecule has 2 aliphatic rings. The maximum atomic E-state index is 15.2. The molecule has 0 amide bonds. The van der Waals surface area contributed by atoms with Crippen LogP contribution in [0, 0.1) is 37.0 Å². The topological polar surface area (TPSA) is 60.1 Å². The number of allylic oxidation sites excluding steroid dienone is 2. The lowest BCUT2D eigenvalue weighted by Crippen LogP contribution is -2.46. The van der Waals surface area contributed by atoms with Crippen LogP contribution in [0.2, 0.25) is 0 Å². The van der Waals surface area contributed by atoms with Crippen molar-refractivity contribution >= 4 is 16.7 Å². The quantitative estimate of drug-likeness (QED) is 0.281. The zero-order valence-electron chi connectivity index (χ0n) is 21.2. The summed E-state index contributed by atoms with van der Waals surface area (Å²) in [6, 6.07) is 13.0. The van der Waals surface area contributed by atoms with Gasteiger partial charge in [0.1, 0.15) is 17.2 Å². The van der Waals surface area contributed by atoms with E-state index in [1.807, 2.05) is 19.9 Å². The number of rotatable bonds is 2. The molecule has 0 saturated carbocycles. The molecule has 0 aliphatic heterocycles. The molecule has 0 bridgehead atoms. The van der Waals surface area contributed by atoms with Gasteiger partial charge >= 0.3 is 0 Å². The number of hydrogen-bond donors (Lipinski definition) is 0. The highest BCUT2D eigenvalue weighted by atomic mass is 19.1. The van der Waals surface area contributed by atoms with Crippen molar-refractivity contribution in [1.29, 1.82) is 0 Å². The van der Waals surface area contributed by atoms with Gasteiger partial charge in [0.2, 0.25) is 5.70 Å². The van der Waals surface area contributed by atoms with Gasteiger partial charge in [-0.3, -0.25) is 0 Å². The fourth-order valence-corrected chi connectivity index (χ4v) is 6.27. The third kappa shape index (κ3) is 3.47. The van der Waals surface area contributed by atoms with Gasteiger partial charge in [-0.1, -0.05) is 44.2 Å². The molecule has 7 heteroatoms. The molecule has 2 heterocycles. The van der Waals surface area contributed by atoms with Crippen molar-refractivity contribution in [2.45, 2.75) is 39.0 Å². The first-order valence-electron chi connectivity index (χ1n) is 12.6. The predicted molar refractivity (Wildman–Crippen MR) is 141 cm³/mol. The number of halogens is 2. The highest BCUT2D eigenvalue weighted by Gasteiger charge is 2.49. The Kier molecular flexibility index (Phi) is 5.46. The average Bonchev–Trinajstić information content (AvgIpc) is 2.91. The number of carbonyl (C=O) groups is 1. The molecule has 2 aromatic heterocycles. The summed E-state index contributed by atoms with van der Waals surface area (Å²) in [5, 5.41) is 0.553. The molecule has 0 unspecified atom stereocenters. The van der Waals surface area contributed by atoms with E-state index in [9.17, 15) is 9.18 Å². The minimum absolute atomic E-state index is 0.0717. The van der Waals surface area contributed by atoms with Gasteiger partial charge in [0, 0.05) is 39.1 Å². The van der Waals surface area contributed by atoms with E-state index in [2.05, 4.69) is 9.83 Å². The predicted octanol–water partition coefficient (Wildman–Crippen LogP) is 6.79. The Morgan fingerprint density at radius 1 is 1.03 bits per heavy atom. The molecule has 188 valence electrons. The summed E-state index contributed by atoms with van der Waals surface area (Å²) in [7, 11) is 0. The minimum Gasteiger partial charge on any atom is -0.308 e. The number of nitrogens with zero attached hydrogens (tertiary/aromatic N) is 4. The Hall–Kier alpha value is -4.31. The summed E-state index contributed by atoms with van der Waals surface area (Å²) in [5.74, 6) is -1.10. The standard InChI is InChI=1S/C31H24F2N4O/c1-16-14-21(18-9-7-11-24(33)27(18)35-16)30-36-26(19-8-5-6-10-23(19)32)20-12-13-22-17(2)28(38)25(34-4)15-31(22,3)29(20)37-30/h5-11,14-15,17,22H,12-13H2,1-3H3/t17-,22-,31-/m1/s1. The first-order chi connectivity index (χ1) is 18.2. The number of carbonyl (C=O) groups excluding carboxylic acids is 1. The van der Waals surface area contributed by atoms with E-state index in [1.54, 1.807) is 43.3 Å². The molecule has 0 N–H and O–H groups in total. The van der Waals surface area contributed by atoms with Crippen molar-refractivity contribution in [2.75, 3.05) is 0 Å². The molecule has 0 radical (unpaired) electrons. The second kappa shape index (κ2) is 8.63. The molecule has 2 aromatic carbocycles. The maximum absolute atomic E-state index is 15.2. The van der Waals surface area contributed by atoms with Crippen LogP contribution in [0.15, 0.2) is 60.3 Å². The molecule has 2 aliphatic carbocycles. The molecule has 3 atom stereocenters. The second-order valence-electron chi connectivity index (χ2n) is 10.4. The molecule has 4 aromatic rings. The largest absolute Gasteiger partial charge is 0.308 e. The molecule has 38 heavy (non-hydrogen) atoms. The maximum Gasteiger partial charge on any atom is 0.226 e. The summed E-state index contributed by atoms with van der Waals surface area (Å²) in [5.41, 5.74) is 3.08. The van der Waals surface area contributed by atoms with Gasteiger partial charge in [-0.05, 0) is 49.9 Å². The normalized spacial score (nSPS) is 22.4. The smallest absolute Gasteiger partial charge is 0.226 e. The Morgan fingerprint density at radius 3 is 2.55 bits per heavy atom. The SMILES string of the molecule is [C-]#[N+]C1=C[C@@]2(C)c3nc(-c4cc(C)nc5c(F)cccc45)nc(-c4ccccc4F)c3CC[C@@H]2[C@@H](C)C1=O. The first kappa shape index (κ1) is 24.1. The molecule has 0 spiro atoms. The molecular formula is C31H24F2N4O. The minimum atomic E-state index is -0.735. The van der Waals surface area contributed by atoms with Gasteiger partial charge in [0.25, 0.3) is 0 Å². The van der Waals surface area contributed by atoms with Crippen molar-refractivity contribution in [3.05, 3.63) is 100 Å². The average molecular weight is 507 g/mol. The van der Waals surface area contributed by atoms with Crippen molar-refractivity contribution in [1.82, 2.24) is 15.0 Å². The molecule has 0 saturated heterocycles. The van der Waals surface area contributed by atoms with Crippen LogP contribution in [-0.4, -0.2) is 20.7 Å². The van der Waals surface area contributed by atoms with Gasteiger partial charge < -0.3 is 4.79 Å². The molecule has 0 fully saturated rings. The van der Waals surface area contributed by atoms with Crippen LogP contribution >= 0.6 is 0 Å². The number of aromatic nitrogens is 3. The van der Waals surface area contributed by atoms with Crippen LogP contribution in [0.1, 0.15) is 37.2 Å². The van der Waals surface area contributed by atoms with Gasteiger partial charge in [-0.25, -0.2) is 28.6 Å². The van der Waals surface area contributed by atoms with Crippen LogP contribution in [-0.2, 0) is 16.6 Å². The van der Waals surface area contributed by atoms with Crippen molar-refractivity contribution < 1.29 is 13.6 Å². The highest BCUT2D eigenvalue weighted by Crippen LogP contribution is 2.51. The van der Waals surface area contributed by atoms with Crippen molar-refractivity contribution in [3.63, 3.8) is 0 Å². The van der Waals surface area contributed by atoms with Crippen LogP contribution in [0.4, 0.5) is 8.78 Å². The van der Waals surface area contributed by atoms with E-state index < -0.39 is 17.0 Å². The Bertz CT molecular complexity index is 1740. The Labute approximate surface area is 219 Å². The number of fused-ring (bicyclic) bond motifs is 4. The third-order valence-electron chi connectivity index (χ3n) is 8.11. The monoisotopic (exact) mass is 506 g/mol. The summed E-state index contributed by atoms with van der Waals surface area (Å²) in [6.45, 7) is 13.3. The lowest BCUT2D eigenvalue weighted by molar-refractivity contribution is -0.121. The number of Topliss-reactive ketones (excluding diaryl/α,β-unsaturated/α-hetero) is 1. The third-order valence-corrected chi connectivity index (χ3v) is 8.11. The van der Waals surface area contributed by atoms with Crippen LogP contribution in [0.25, 0.3) is 38.4 Å². The second-order valence-corrected chi connectivity index (χ2v) is 10.4. The first-order valence-corrected chi connectivity index (χ1v) is 12.6. The molecular weight excluding hydrogens is 482 g/mol. The number of pyridine rings is 1. The fourth-order valence-electron chi connectivity index (χ4n) is 6.27. The number of ketones is 1. The van der Waals surface area contributed by atoms with Crippen LogP contribution < -0.4 is 0 Å². The number of aryl methyl sites for hydroxylation is 1. The Morgan fingerprint density at radius 2 is 1.79 bits per heavy atom. The van der Waals surface area contributed by atoms with Crippen LogP contribution in [0.5, 0.6) is 0 Å². The summed E-state index contributed by atoms with van der Waals surface area (Å²) >= 11 is 0. The molecule has 5 nitrogen and oxygen atoms in total. The van der Waals surface area contributed by atoms with Gasteiger partial charge in [-0.15, -0.1) is 0 Å². The zero-order valence-corrected chi connectivity index (χ0v) is 21.2. The highest BCUT2D eigenvalue weighted by molar-refractivity contribution is 6.00. The van der Waals surface area contributed by atoms with E-state index >= 15 is 4.39 Å². The zero-order chi connectivity index (χ0) is 26.8. The van der Waals surface area contributed by atoms with E-state index in [0.717, 1.165) is 5.56 Å². The lowest BCUT2D eigenvalue weighted by atomic mass is 9.58. The van der Waals surface area contributed by atoms with E-state index in [0.29, 0.717) is 52.3 Å². The number of benzene rings is 2. The van der Waals surface area contributed by atoms with Crippen molar-refractivity contribution in [3.8, 4) is 22.6 Å². The summed E-state index contributed by atoms with van der Waals surface area (Å²) in [6.07, 6.45) is 3.00. The van der Waals surface area contributed by atoms with E-state index in [-0.39, 0.29) is 28.8 Å². The summed E-state index contributed by atoms with van der Waals surface area (Å²) < 4.78 is 29.9. The number of para-hydroxylation sites is 1. The number of hydrogen-bond acceptors (Lipinski definition) is 4.